The van der Waals surface area contributed by atoms with Crippen molar-refractivity contribution in [1.82, 2.24) is 5.32 Å². The summed E-state index contributed by atoms with van der Waals surface area (Å²) >= 11 is 0. The van der Waals surface area contributed by atoms with Gasteiger partial charge in [-0.25, -0.2) is 4.39 Å². The number of benzene rings is 1. The monoisotopic (exact) mass is 279 g/mol. The Morgan fingerprint density at radius 2 is 1.85 bits per heavy atom. The first-order valence-electron chi connectivity index (χ1n) is 7.47. The van der Waals surface area contributed by atoms with Crippen molar-refractivity contribution in [2.45, 2.75) is 50.5 Å². The van der Waals surface area contributed by atoms with Crippen molar-refractivity contribution in [3.05, 3.63) is 35.6 Å². The van der Waals surface area contributed by atoms with Gasteiger partial charge in [-0.2, -0.15) is 0 Å². The van der Waals surface area contributed by atoms with E-state index in [1.54, 1.807) is 6.07 Å². The molecule has 1 saturated carbocycles. The van der Waals surface area contributed by atoms with Gasteiger partial charge < -0.3 is 14.8 Å². The average Bonchev–Trinajstić information content (AvgIpc) is 2.90. The number of hydrogen-bond acceptors (Lipinski definition) is 3. The molecule has 1 aliphatic carbocycles. The molecule has 2 fully saturated rings. The van der Waals surface area contributed by atoms with Crippen LogP contribution in [0.2, 0.25) is 0 Å². The second kappa shape index (κ2) is 5.80. The van der Waals surface area contributed by atoms with Gasteiger partial charge in [0.05, 0.1) is 13.2 Å². The van der Waals surface area contributed by atoms with Crippen molar-refractivity contribution in [3.8, 4) is 0 Å². The minimum atomic E-state index is -0.320. The highest BCUT2D eigenvalue weighted by Gasteiger charge is 2.40. The van der Waals surface area contributed by atoms with Crippen LogP contribution in [-0.4, -0.2) is 25.0 Å². The number of hydrogen-bond donors (Lipinski definition) is 1. The molecule has 0 amide bonds. The lowest BCUT2D eigenvalue weighted by Gasteiger charge is -2.36. The summed E-state index contributed by atoms with van der Waals surface area (Å²) in [4.78, 5) is 0. The molecule has 1 spiro atoms. The summed E-state index contributed by atoms with van der Waals surface area (Å²) in [5.74, 6) is -0.457. The van der Waals surface area contributed by atoms with Crippen LogP contribution in [0.3, 0.4) is 0 Å². The first-order chi connectivity index (χ1) is 9.69. The first kappa shape index (κ1) is 14.0. The summed E-state index contributed by atoms with van der Waals surface area (Å²) in [6.07, 6.45) is 3.88. The third-order valence-electron chi connectivity index (χ3n) is 4.42. The first-order valence-corrected chi connectivity index (χ1v) is 7.47. The van der Waals surface area contributed by atoms with Crippen LogP contribution in [0.1, 0.15) is 44.2 Å². The molecule has 1 atom stereocenters. The highest BCUT2D eigenvalue weighted by atomic mass is 19.1. The highest BCUT2D eigenvalue weighted by molar-refractivity contribution is 5.20. The van der Waals surface area contributed by atoms with Crippen molar-refractivity contribution in [1.29, 1.82) is 0 Å². The molecular weight excluding hydrogens is 257 g/mol. The fourth-order valence-corrected chi connectivity index (χ4v) is 3.28. The molecule has 0 bridgehead atoms. The quantitative estimate of drug-likeness (QED) is 0.922. The molecule has 3 nitrogen and oxygen atoms in total. The third-order valence-corrected chi connectivity index (χ3v) is 4.42. The van der Waals surface area contributed by atoms with Crippen molar-refractivity contribution in [2.75, 3.05) is 13.2 Å². The average molecular weight is 279 g/mol. The van der Waals surface area contributed by atoms with Gasteiger partial charge in [-0.15, -0.1) is 0 Å². The molecule has 1 N–H and O–H groups in total. The minimum absolute atomic E-state index is 0.0284. The molecule has 3 rings (SSSR count). The molecule has 0 aromatic heterocycles. The molecule has 110 valence electrons. The van der Waals surface area contributed by atoms with Gasteiger partial charge in [-0.3, -0.25) is 0 Å². The number of ether oxygens (including phenoxy) is 2. The van der Waals surface area contributed by atoms with Crippen LogP contribution in [0, 0.1) is 5.82 Å². The van der Waals surface area contributed by atoms with Gasteiger partial charge >= 0.3 is 0 Å². The summed E-state index contributed by atoms with van der Waals surface area (Å²) in [5, 5.41) is 3.53. The van der Waals surface area contributed by atoms with E-state index in [2.05, 4.69) is 5.32 Å². The molecule has 1 heterocycles. The molecule has 4 heteroatoms. The van der Waals surface area contributed by atoms with Crippen LogP contribution in [0.5, 0.6) is 0 Å². The summed E-state index contributed by atoms with van der Waals surface area (Å²) in [6, 6.07) is 7.41. The maximum Gasteiger partial charge on any atom is 0.168 e. The second-order valence-electron chi connectivity index (χ2n) is 5.79. The van der Waals surface area contributed by atoms with Crippen LogP contribution in [0.4, 0.5) is 4.39 Å². The van der Waals surface area contributed by atoms with Crippen LogP contribution >= 0.6 is 0 Å². The molecule has 20 heavy (non-hydrogen) atoms. The van der Waals surface area contributed by atoms with Crippen molar-refractivity contribution >= 4 is 0 Å². The van der Waals surface area contributed by atoms with Gasteiger partial charge in [0.2, 0.25) is 0 Å². The Hall–Kier alpha value is -0.970. The normalized spacial score (nSPS) is 24.1. The topological polar surface area (TPSA) is 30.5 Å². The van der Waals surface area contributed by atoms with E-state index in [9.17, 15) is 4.39 Å². The smallest absolute Gasteiger partial charge is 0.168 e. The Morgan fingerprint density at radius 1 is 1.20 bits per heavy atom. The van der Waals surface area contributed by atoms with E-state index in [4.69, 9.17) is 9.47 Å². The molecule has 1 unspecified atom stereocenters. The van der Waals surface area contributed by atoms with Crippen LogP contribution in [-0.2, 0) is 9.47 Å². The van der Waals surface area contributed by atoms with Gasteiger partial charge in [0, 0.05) is 30.5 Å². The fraction of sp³-hybridized carbons (Fsp3) is 0.625. The van der Waals surface area contributed by atoms with Crippen molar-refractivity contribution < 1.29 is 13.9 Å². The lowest BCUT2D eigenvalue weighted by atomic mass is 9.89. The molecule has 1 saturated heterocycles. The molecule has 1 aromatic carbocycles. The Labute approximate surface area is 119 Å². The van der Waals surface area contributed by atoms with Gasteiger partial charge in [-0.1, -0.05) is 18.2 Å². The third kappa shape index (κ3) is 2.87. The van der Waals surface area contributed by atoms with E-state index < -0.39 is 0 Å². The van der Waals surface area contributed by atoms with Gasteiger partial charge in [0.25, 0.3) is 0 Å². The van der Waals surface area contributed by atoms with E-state index in [1.165, 1.54) is 6.07 Å². The highest BCUT2D eigenvalue weighted by Crippen LogP contribution is 2.36. The van der Waals surface area contributed by atoms with Crippen molar-refractivity contribution in [3.63, 3.8) is 0 Å². The molecular formula is C16H22FNO2. The van der Waals surface area contributed by atoms with Gasteiger partial charge in [0.1, 0.15) is 5.82 Å². The lowest BCUT2D eigenvalue weighted by Crippen LogP contribution is -2.42. The van der Waals surface area contributed by atoms with E-state index in [0.29, 0.717) is 19.3 Å². The fourth-order valence-electron chi connectivity index (χ4n) is 3.28. The number of rotatable bonds is 3. The van der Waals surface area contributed by atoms with E-state index in [1.807, 2.05) is 19.1 Å². The van der Waals surface area contributed by atoms with Gasteiger partial charge in [0.15, 0.2) is 5.79 Å². The van der Waals surface area contributed by atoms with Crippen molar-refractivity contribution in [2.24, 2.45) is 0 Å². The Balaban J connectivity index is 1.56. The number of halogens is 1. The summed E-state index contributed by atoms with van der Waals surface area (Å²) in [6.45, 7) is 3.44. The Kier molecular flexibility index (Phi) is 4.06. The zero-order chi connectivity index (χ0) is 14.0. The lowest BCUT2D eigenvalue weighted by molar-refractivity contribution is -0.179. The largest absolute Gasteiger partial charge is 0.348 e. The maximum atomic E-state index is 13.8. The molecule has 1 aromatic rings. The standard InChI is InChI=1S/C16H22FNO2/c1-12(14-4-2-3-5-15(14)17)18-13-6-8-16(9-7-13)19-10-11-20-16/h2-5,12-13,18H,6-11H2,1H3. The van der Waals surface area contributed by atoms with Crippen LogP contribution < -0.4 is 5.32 Å². The van der Waals surface area contributed by atoms with Crippen LogP contribution in [0.15, 0.2) is 24.3 Å². The summed E-state index contributed by atoms with van der Waals surface area (Å²) < 4.78 is 25.2. The Morgan fingerprint density at radius 3 is 2.50 bits per heavy atom. The zero-order valence-corrected chi connectivity index (χ0v) is 11.9. The summed E-state index contributed by atoms with van der Waals surface area (Å²) in [7, 11) is 0. The second-order valence-corrected chi connectivity index (χ2v) is 5.79. The minimum Gasteiger partial charge on any atom is -0.348 e. The van der Waals surface area contributed by atoms with E-state index in [0.717, 1.165) is 31.2 Å². The van der Waals surface area contributed by atoms with E-state index >= 15 is 0 Å². The molecule has 0 radical (unpaired) electrons. The molecule has 1 aliphatic heterocycles. The van der Waals surface area contributed by atoms with Gasteiger partial charge in [-0.05, 0) is 25.8 Å². The van der Waals surface area contributed by atoms with E-state index in [-0.39, 0.29) is 17.6 Å². The predicted molar refractivity (Wildman–Crippen MR) is 74.8 cm³/mol. The predicted octanol–water partition coefficient (Wildman–Crippen LogP) is 3.16. The zero-order valence-electron chi connectivity index (χ0n) is 11.9. The summed E-state index contributed by atoms with van der Waals surface area (Å²) in [5.41, 5.74) is 0.737. The Bertz CT molecular complexity index is 450. The maximum absolute atomic E-state index is 13.8. The van der Waals surface area contributed by atoms with Crippen LogP contribution in [0.25, 0.3) is 0 Å². The number of nitrogens with one attached hydrogen (secondary N) is 1. The molecule has 2 aliphatic rings. The SMILES string of the molecule is CC(NC1CCC2(CC1)OCCO2)c1ccccc1F.